The number of aliphatic imine (C=N–C) groups is 1. The average molecular weight is 474 g/mol. The molecule has 0 spiro atoms. The monoisotopic (exact) mass is 474 g/mol. The Morgan fingerprint density at radius 3 is 3.00 bits per heavy atom. The number of aromatic amines is 1. The zero-order chi connectivity index (χ0) is 18.7. The fourth-order valence-electron chi connectivity index (χ4n) is 3.16. The van der Waals surface area contributed by atoms with Gasteiger partial charge in [-0.05, 0) is 31.7 Å². The summed E-state index contributed by atoms with van der Waals surface area (Å²) in [6, 6.07) is 1.48. The van der Waals surface area contributed by atoms with Gasteiger partial charge >= 0.3 is 0 Å². The van der Waals surface area contributed by atoms with Gasteiger partial charge in [0.2, 0.25) is 0 Å². The minimum atomic E-state index is -0.477. The number of amidine groups is 1. The van der Waals surface area contributed by atoms with E-state index in [4.69, 9.17) is 11.5 Å². The van der Waals surface area contributed by atoms with E-state index in [9.17, 15) is 8.78 Å². The van der Waals surface area contributed by atoms with Crippen molar-refractivity contribution in [3.05, 3.63) is 41.5 Å². The van der Waals surface area contributed by atoms with Crippen LogP contribution in [0.3, 0.4) is 0 Å². The molecule has 9 heteroatoms. The van der Waals surface area contributed by atoms with Crippen molar-refractivity contribution in [3.63, 3.8) is 0 Å². The molecule has 1 fully saturated rings. The summed E-state index contributed by atoms with van der Waals surface area (Å²) in [5, 5.41) is 3.64. The number of aromatic nitrogens is 2. The molecule has 0 bridgehead atoms. The number of H-pyrrole nitrogens is 1. The van der Waals surface area contributed by atoms with Gasteiger partial charge in [0, 0.05) is 29.2 Å². The number of hydrogen-bond acceptors (Lipinski definition) is 4. The van der Waals surface area contributed by atoms with Crippen molar-refractivity contribution in [1.29, 1.82) is 0 Å². The second-order valence-electron chi connectivity index (χ2n) is 6.40. The maximum Gasteiger partial charge on any atom is 0.161 e. The van der Waals surface area contributed by atoms with Gasteiger partial charge in [0.15, 0.2) is 11.6 Å². The van der Waals surface area contributed by atoms with Crippen LogP contribution in [0.4, 0.5) is 8.78 Å². The van der Waals surface area contributed by atoms with E-state index >= 15 is 0 Å². The van der Waals surface area contributed by atoms with Crippen molar-refractivity contribution in [1.82, 2.24) is 15.3 Å². The van der Waals surface area contributed by atoms with Crippen LogP contribution in [-0.2, 0) is 0 Å². The zero-order valence-electron chi connectivity index (χ0n) is 14.1. The maximum atomic E-state index is 14.4. The lowest BCUT2D eigenvalue weighted by molar-refractivity contribution is 0.353. The molecule has 140 valence electrons. The highest BCUT2D eigenvalue weighted by molar-refractivity contribution is 14.1. The number of allylic oxidation sites excluding steroid dienone is 1. The summed E-state index contributed by atoms with van der Waals surface area (Å²) in [5.41, 5.74) is 13.1. The van der Waals surface area contributed by atoms with Crippen LogP contribution in [0, 0.1) is 5.82 Å². The average Bonchev–Trinajstić information content (AvgIpc) is 3.03. The Morgan fingerprint density at radius 2 is 2.27 bits per heavy atom. The lowest BCUT2D eigenvalue weighted by atomic mass is 9.92. The molecule has 1 aliphatic carbocycles. The summed E-state index contributed by atoms with van der Waals surface area (Å²) in [6.45, 7) is 0. The Kier molecular flexibility index (Phi) is 6.07. The SMILES string of the molecule is N/C(=N\C(N[C@H]1CCC[C@@H](N)C1)=C(\F)CI)c1c[nH]c2ncc(F)cc12. The minimum Gasteiger partial charge on any atom is -0.383 e. The van der Waals surface area contributed by atoms with Crippen molar-refractivity contribution < 1.29 is 8.78 Å². The molecule has 0 saturated heterocycles. The summed E-state index contributed by atoms with van der Waals surface area (Å²) in [7, 11) is 0. The van der Waals surface area contributed by atoms with E-state index in [1.165, 1.54) is 6.07 Å². The van der Waals surface area contributed by atoms with Crippen LogP contribution in [-0.4, -0.2) is 32.3 Å². The third-order valence-corrected chi connectivity index (χ3v) is 5.11. The molecule has 6 nitrogen and oxygen atoms in total. The predicted molar refractivity (Wildman–Crippen MR) is 107 cm³/mol. The van der Waals surface area contributed by atoms with Gasteiger partial charge in [-0.25, -0.2) is 18.8 Å². The van der Waals surface area contributed by atoms with Crippen molar-refractivity contribution in [2.45, 2.75) is 37.8 Å². The van der Waals surface area contributed by atoms with Crippen LogP contribution < -0.4 is 16.8 Å². The third kappa shape index (κ3) is 4.32. The summed E-state index contributed by atoms with van der Waals surface area (Å²) in [6.07, 6.45) is 6.34. The summed E-state index contributed by atoms with van der Waals surface area (Å²) in [4.78, 5) is 11.1. The molecule has 0 aliphatic heterocycles. The Bertz CT molecular complexity index is 847. The van der Waals surface area contributed by atoms with E-state index in [-0.39, 0.29) is 28.2 Å². The highest BCUT2D eigenvalue weighted by Gasteiger charge is 2.21. The van der Waals surface area contributed by atoms with Crippen molar-refractivity contribution in [2.75, 3.05) is 4.43 Å². The quantitative estimate of drug-likeness (QED) is 0.232. The number of nitrogens with zero attached hydrogens (tertiary/aromatic N) is 2. The van der Waals surface area contributed by atoms with E-state index in [0.717, 1.165) is 31.9 Å². The molecule has 2 heterocycles. The third-order valence-electron chi connectivity index (χ3n) is 4.44. The second kappa shape index (κ2) is 8.30. The number of alkyl halides is 1. The number of pyridine rings is 1. The molecular formula is C17H21F2IN6. The number of nitrogens with one attached hydrogen (secondary N) is 2. The van der Waals surface area contributed by atoms with Crippen LogP contribution in [0.15, 0.2) is 35.1 Å². The summed E-state index contributed by atoms with van der Waals surface area (Å²) in [5.74, 6) is -0.674. The largest absolute Gasteiger partial charge is 0.383 e. The predicted octanol–water partition coefficient (Wildman–Crippen LogP) is 2.84. The first-order valence-corrected chi connectivity index (χ1v) is 9.94. The normalized spacial score (nSPS) is 22.4. The minimum absolute atomic E-state index is 0.0566. The van der Waals surface area contributed by atoms with Gasteiger partial charge in [-0.1, -0.05) is 22.6 Å². The van der Waals surface area contributed by atoms with Gasteiger partial charge in [-0.3, -0.25) is 0 Å². The number of hydrogen-bond donors (Lipinski definition) is 4. The van der Waals surface area contributed by atoms with Gasteiger partial charge in [0.05, 0.1) is 10.6 Å². The molecule has 2 aromatic rings. The fraction of sp³-hybridized carbons (Fsp3) is 0.412. The molecule has 6 N–H and O–H groups in total. The highest BCUT2D eigenvalue weighted by atomic mass is 127. The molecule has 0 radical (unpaired) electrons. The van der Waals surface area contributed by atoms with Gasteiger partial charge in [0.25, 0.3) is 0 Å². The standard InChI is InChI=1S/C17H21F2IN6/c18-9-4-12-13(8-24-16(12)23-7-9)15(22)26-17(14(19)6-20)25-11-3-1-2-10(21)5-11/h4,7-8,10-11,25H,1-3,5-6,21H2,(H2,22,26)(H,23,24)/b17-14+/t10-,11+/m1/s1. The molecule has 26 heavy (non-hydrogen) atoms. The summed E-state index contributed by atoms with van der Waals surface area (Å²) < 4.78 is 28.0. The van der Waals surface area contributed by atoms with Crippen LogP contribution >= 0.6 is 22.6 Å². The van der Waals surface area contributed by atoms with Gasteiger partial charge in [-0.2, -0.15) is 0 Å². The van der Waals surface area contributed by atoms with Crippen LogP contribution in [0.2, 0.25) is 0 Å². The Morgan fingerprint density at radius 1 is 1.46 bits per heavy atom. The second-order valence-corrected chi connectivity index (χ2v) is 7.17. The molecule has 0 amide bonds. The van der Waals surface area contributed by atoms with E-state index in [1.54, 1.807) is 6.20 Å². The van der Waals surface area contributed by atoms with Crippen LogP contribution in [0.5, 0.6) is 0 Å². The van der Waals surface area contributed by atoms with Crippen LogP contribution in [0.25, 0.3) is 11.0 Å². The zero-order valence-corrected chi connectivity index (χ0v) is 16.3. The number of nitrogens with two attached hydrogens (primary N) is 2. The molecule has 2 atom stereocenters. The lowest BCUT2D eigenvalue weighted by Gasteiger charge is -2.28. The highest BCUT2D eigenvalue weighted by Crippen LogP contribution is 2.21. The maximum absolute atomic E-state index is 14.4. The lowest BCUT2D eigenvalue weighted by Crippen LogP contribution is -2.39. The molecule has 0 aromatic carbocycles. The topological polar surface area (TPSA) is 105 Å². The van der Waals surface area contributed by atoms with Crippen molar-refractivity contribution in [3.8, 4) is 0 Å². The molecule has 2 aromatic heterocycles. The van der Waals surface area contributed by atoms with E-state index in [0.29, 0.717) is 16.6 Å². The fourth-order valence-corrected chi connectivity index (χ4v) is 3.52. The number of halogens is 3. The molecule has 3 rings (SSSR count). The van der Waals surface area contributed by atoms with Gasteiger partial charge in [0.1, 0.15) is 17.3 Å². The van der Waals surface area contributed by atoms with Gasteiger partial charge in [-0.15, -0.1) is 0 Å². The van der Waals surface area contributed by atoms with Crippen LogP contribution in [0.1, 0.15) is 31.2 Å². The molecule has 0 unspecified atom stereocenters. The Labute approximate surface area is 163 Å². The van der Waals surface area contributed by atoms with E-state index in [1.807, 2.05) is 22.6 Å². The first-order valence-electron chi connectivity index (χ1n) is 8.41. The number of fused-ring (bicyclic) bond motifs is 1. The van der Waals surface area contributed by atoms with E-state index < -0.39 is 11.6 Å². The Hall–Kier alpha value is -1.75. The molecule has 1 aliphatic rings. The first-order chi connectivity index (χ1) is 12.5. The summed E-state index contributed by atoms with van der Waals surface area (Å²) >= 11 is 1.93. The Balaban J connectivity index is 1.90. The van der Waals surface area contributed by atoms with Crippen molar-refractivity contribution in [2.24, 2.45) is 16.5 Å². The van der Waals surface area contributed by atoms with Crippen molar-refractivity contribution >= 4 is 39.5 Å². The molecule has 1 saturated carbocycles. The van der Waals surface area contributed by atoms with E-state index in [2.05, 4.69) is 20.3 Å². The first kappa shape index (κ1) is 19.0. The number of rotatable bonds is 5. The van der Waals surface area contributed by atoms with Gasteiger partial charge < -0.3 is 21.8 Å². The molecular weight excluding hydrogens is 453 g/mol. The smallest absolute Gasteiger partial charge is 0.161 e.